The first kappa shape index (κ1) is 32.7. The first-order chi connectivity index (χ1) is 19.3. The number of fused-ring (bicyclic) bond motifs is 1. The van der Waals surface area contributed by atoms with Gasteiger partial charge in [-0.05, 0) is 59.3 Å². The van der Waals surface area contributed by atoms with Crippen LogP contribution < -0.4 is 15.9 Å². The largest absolute Gasteiger partial charge is 0.504 e. The van der Waals surface area contributed by atoms with Gasteiger partial charge in [-0.2, -0.15) is 13.2 Å². The molecular formula is C33H27EuF3O3P+. The molecule has 0 aliphatic rings. The van der Waals surface area contributed by atoms with Gasteiger partial charge in [-0.1, -0.05) is 84.9 Å². The zero-order valence-corrected chi connectivity index (χ0v) is 25.1. The molecule has 209 valence electrons. The van der Waals surface area contributed by atoms with Crippen molar-refractivity contribution in [3.63, 3.8) is 0 Å². The van der Waals surface area contributed by atoms with Gasteiger partial charge in [-0.3, -0.25) is 4.79 Å². The molecule has 0 aliphatic heterocycles. The minimum atomic E-state index is -4.87. The maximum Gasteiger partial charge on any atom is 0.449 e. The molecule has 0 bridgehead atoms. The van der Waals surface area contributed by atoms with E-state index in [4.69, 9.17) is 9.30 Å². The van der Waals surface area contributed by atoms with E-state index in [1.807, 2.05) is 30.3 Å². The molecule has 2 N–H and O–H groups in total. The van der Waals surface area contributed by atoms with Crippen LogP contribution in [-0.2, 0) is 4.20 Å². The van der Waals surface area contributed by atoms with Crippen LogP contribution in [0.25, 0.3) is 10.8 Å². The van der Waals surface area contributed by atoms with Crippen molar-refractivity contribution in [3.05, 3.63) is 158 Å². The summed E-state index contributed by atoms with van der Waals surface area (Å²) in [7, 11) is 1.69. The number of aliphatic hydroxyl groups is 1. The van der Waals surface area contributed by atoms with Crippen molar-refractivity contribution in [1.29, 1.82) is 0 Å². The molecule has 0 unspecified atom stereocenters. The van der Waals surface area contributed by atoms with Crippen molar-refractivity contribution in [2.24, 2.45) is 0 Å². The van der Waals surface area contributed by atoms with Crippen molar-refractivity contribution in [2.45, 2.75) is 6.18 Å². The summed E-state index contributed by atoms with van der Waals surface area (Å²) in [6.45, 7) is 0. The van der Waals surface area contributed by atoms with Crippen LogP contribution in [0, 0.1) is 56.5 Å². The van der Waals surface area contributed by atoms with E-state index < -0.39 is 24.9 Å². The zero-order valence-electron chi connectivity index (χ0n) is 21.7. The van der Waals surface area contributed by atoms with E-state index in [9.17, 15) is 18.0 Å². The zero-order chi connectivity index (χ0) is 28.6. The first-order valence-corrected chi connectivity index (χ1v) is 14.0. The predicted molar refractivity (Wildman–Crippen MR) is 158 cm³/mol. The fraction of sp³-hybridized carbons (Fsp3) is 0.0303. The molecule has 41 heavy (non-hydrogen) atoms. The molecule has 0 aromatic heterocycles. The second kappa shape index (κ2) is 14.9. The minimum Gasteiger partial charge on any atom is -0.504 e. The molecule has 0 atom stereocenters. The van der Waals surface area contributed by atoms with E-state index in [-0.39, 0.29) is 54.9 Å². The normalized spacial score (nSPS) is 11.6. The summed E-state index contributed by atoms with van der Waals surface area (Å²) in [5.41, 5.74) is 0.203. The Morgan fingerprint density at radius 3 is 1.51 bits per heavy atom. The van der Waals surface area contributed by atoms with E-state index in [0.29, 0.717) is 6.08 Å². The Hall–Kier alpha value is -2.83. The van der Waals surface area contributed by atoms with Crippen molar-refractivity contribution in [3.8, 4) is 0 Å². The van der Waals surface area contributed by atoms with Crippen molar-refractivity contribution in [1.82, 2.24) is 0 Å². The Morgan fingerprint density at radius 1 is 0.683 bits per heavy atom. The summed E-state index contributed by atoms with van der Waals surface area (Å²) >= 11 is 0. The molecule has 5 rings (SSSR count). The SMILES string of the molecule is OC(=CC(=[OH+])c1ccc2ccccc2c1)C(F)(F)F.[CH2-][O+]=P(c1ccccc1)(c1ccccc1)c1ccccc1.[Eu]. The quantitative estimate of drug-likeness (QED) is 0.0508. The number of allylic oxidation sites excluding steroid dienone is 2. The number of halogens is 3. The molecule has 0 saturated carbocycles. The van der Waals surface area contributed by atoms with Gasteiger partial charge >= 0.3 is 12.0 Å². The smallest absolute Gasteiger partial charge is 0.449 e. The summed E-state index contributed by atoms with van der Waals surface area (Å²) in [6.07, 6.45) is -4.57. The molecule has 3 nitrogen and oxygen atoms in total. The Morgan fingerprint density at radius 2 is 1.10 bits per heavy atom. The molecule has 0 amide bonds. The average molecular weight is 712 g/mol. The first-order valence-electron chi connectivity index (χ1n) is 12.3. The summed E-state index contributed by atoms with van der Waals surface area (Å²) in [5, 5.41) is 14.0. The third-order valence-electron chi connectivity index (χ3n) is 6.16. The maximum atomic E-state index is 12.1. The molecule has 0 fully saturated rings. The van der Waals surface area contributed by atoms with Crippen molar-refractivity contribution in [2.75, 3.05) is 0 Å². The van der Waals surface area contributed by atoms with Gasteiger partial charge in [-0.15, -0.1) is 0 Å². The summed E-state index contributed by atoms with van der Waals surface area (Å²) < 4.78 is 42.4. The Bertz CT molecular complexity index is 1570. The van der Waals surface area contributed by atoms with Crippen molar-refractivity contribution < 1.29 is 76.6 Å². The fourth-order valence-corrected chi connectivity index (χ4v) is 7.35. The molecule has 0 heterocycles. The minimum absolute atomic E-state index is 0. The summed E-state index contributed by atoms with van der Waals surface area (Å²) in [4.78, 5) is 9.59. The van der Waals surface area contributed by atoms with Gasteiger partial charge in [-0.25, -0.2) is 0 Å². The number of benzene rings is 5. The monoisotopic (exact) mass is 712 g/mol. The van der Waals surface area contributed by atoms with E-state index in [1.165, 1.54) is 22.0 Å². The molecule has 5 aromatic rings. The third kappa shape index (κ3) is 7.93. The third-order valence-corrected chi connectivity index (χ3v) is 9.63. The van der Waals surface area contributed by atoms with Gasteiger partial charge in [0.1, 0.15) is 0 Å². The van der Waals surface area contributed by atoms with Crippen LogP contribution in [0.15, 0.2) is 145 Å². The van der Waals surface area contributed by atoms with E-state index >= 15 is 0 Å². The van der Waals surface area contributed by atoms with Crippen LogP contribution in [0.5, 0.6) is 0 Å². The van der Waals surface area contributed by atoms with Crippen molar-refractivity contribution >= 4 is 39.6 Å². The van der Waals surface area contributed by atoms with Gasteiger partial charge < -0.3 is 9.30 Å². The Balaban J connectivity index is 0.000000221. The van der Waals surface area contributed by atoms with Gasteiger partial charge in [0, 0.05) is 49.4 Å². The number of hydrogen-bond donors (Lipinski definition) is 1. The molecule has 0 aliphatic carbocycles. The molecule has 0 saturated heterocycles. The number of rotatable bonds is 5. The fourth-order valence-electron chi connectivity index (χ4n) is 4.23. The van der Waals surface area contributed by atoms with E-state index in [1.54, 1.807) is 24.3 Å². The van der Waals surface area contributed by atoms with Gasteiger partial charge in [0.2, 0.25) is 5.76 Å². The number of alkyl halides is 3. The van der Waals surface area contributed by atoms with Crippen LogP contribution in [0.1, 0.15) is 5.56 Å². The number of carbonyl (C=O) groups excluding carboxylic acids is 1. The average Bonchev–Trinajstić information content (AvgIpc) is 2.99. The van der Waals surface area contributed by atoms with E-state index in [0.717, 1.165) is 10.8 Å². The summed E-state index contributed by atoms with van der Waals surface area (Å²) in [5.74, 6) is -2.47. The molecular weight excluding hydrogens is 684 g/mol. The van der Waals surface area contributed by atoms with Gasteiger partial charge in [0.15, 0.2) is 0 Å². The summed E-state index contributed by atoms with van der Waals surface area (Å²) in [6, 6.07) is 43.1. The number of aliphatic hydroxyl groups excluding tert-OH is 1. The maximum absolute atomic E-state index is 12.1. The van der Waals surface area contributed by atoms with Crippen LogP contribution >= 0.6 is 7.14 Å². The molecule has 8 heteroatoms. The van der Waals surface area contributed by atoms with Crippen LogP contribution in [0.3, 0.4) is 0 Å². The molecule has 0 spiro atoms. The van der Waals surface area contributed by atoms with Crippen LogP contribution in [-0.4, -0.2) is 21.9 Å². The standard InChI is InChI=1S/C19H17OP.C14H9F3O2.Eu/c1-20-21(17-11-5-2-6-12-17,18-13-7-3-8-14-18)19-15-9-4-10-16-19;15-14(16,17)13(19)8-12(18)11-6-5-9-3-1-2-4-10(9)7-11;/h2-16H,1H2;1-8,19H;/p+1. The molecule has 5 aromatic carbocycles. The van der Waals surface area contributed by atoms with Gasteiger partial charge in [0.05, 0.1) is 34.7 Å². The Kier molecular flexibility index (Phi) is 11.9. The predicted octanol–water partition coefficient (Wildman–Crippen LogP) is 7.39. The second-order valence-corrected chi connectivity index (χ2v) is 11.7. The van der Waals surface area contributed by atoms with Crippen LogP contribution in [0.2, 0.25) is 0 Å². The number of ketones is 1. The topological polar surface area (TPSA) is 52.9 Å². The number of hydrogen-bond acceptors (Lipinski definition) is 1. The molecule has 1 radical (unpaired) electrons. The Labute approximate surface area is 278 Å². The second-order valence-electron chi connectivity index (χ2n) is 8.72. The van der Waals surface area contributed by atoms with Gasteiger partial charge in [0.25, 0.3) is 7.14 Å². The van der Waals surface area contributed by atoms with Crippen LogP contribution in [0.4, 0.5) is 13.2 Å². The van der Waals surface area contributed by atoms with E-state index in [2.05, 4.69) is 79.9 Å².